The van der Waals surface area contributed by atoms with Crippen LogP contribution >= 0.6 is 0 Å². The molecule has 19 nitrogen and oxygen atoms in total. The van der Waals surface area contributed by atoms with Crippen molar-refractivity contribution < 1.29 is 91.7 Å². The fourth-order valence-corrected chi connectivity index (χ4v) is 6.78. The fraction of sp³-hybridized carbons (Fsp3) is 0.366. The second-order valence-corrected chi connectivity index (χ2v) is 12.7. The number of rotatable bonds is 6. The van der Waals surface area contributed by atoms with Gasteiger partial charge in [-0.2, -0.15) is 0 Å². The minimum Gasteiger partial charge on any atom is -0.471 e. The summed E-state index contributed by atoms with van der Waals surface area (Å²) >= 11 is 0. The molecule has 1 N–H and O–H groups in total. The molecule has 1 saturated heterocycles. The Balaban J connectivity index is 0.000000188. The van der Waals surface area contributed by atoms with Gasteiger partial charge in [-0.3, -0.25) is 9.59 Å². The molecule has 5 aliphatic rings. The molecule has 2 bridgehead atoms. The van der Waals surface area contributed by atoms with Gasteiger partial charge in [0.25, 0.3) is 0 Å². The maximum Gasteiger partial charge on any atom is 0.384 e. The van der Waals surface area contributed by atoms with Crippen LogP contribution in [0.15, 0.2) is 53.3 Å². The van der Waals surface area contributed by atoms with E-state index in [2.05, 4.69) is 9.47 Å². The van der Waals surface area contributed by atoms with Gasteiger partial charge < -0.3 is 71.1 Å². The van der Waals surface area contributed by atoms with Crippen molar-refractivity contribution in [3.63, 3.8) is 0 Å². The molecule has 61 heavy (non-hydrogen) atoms. The first-order valence-electron chi connectivity index (χ1n) is 17.9. The van der Waals surface area contributed by atoms with Gasteiger partial charge in [-0.15, -0.1) is 0 Å². The number of hydrogen-bond acceptors (Lipinski definition) is 19. The molecule has 0 aliphatic carbocycles. The minimum atomic E-state index is -0.759. The van der Waals surface area contributed by atoms with E-state index in [0.29, 0.717) is 35.4 Å². The van der Waals surface area contributed by atoms with E-state index < -0.39 is 54.2 Å². The normalized spacial score (nSPS) is 18.3. The summed E-state index contributed by atoms with van der Waals surface area (Å²) in [5.74, 6) is 4.00. The average molecular weight is 851 g/mol. The second-order valence-electron chi connectivity index (χ2n) is 12.7. The summed E-state index contributed by atoms with van der Waals surface area (Å²) in [6.07, 6.45) is 1.79. The molecule has 9 rings (SSSR count). The Morgan fingerprint density at radius 3 is 1.39 bits per heavy atom. The van der Waals surface area contributed by atoms with Crippen molar-refractivity contribution in [1.29, 1.82) is 0 Å². The number of benzene rings is 3. The van der Waals surface area contributed by atoms with Crippen molar-refractivity contribution in [2.24, 2.45) is 11.8 Å². The smallest absolute Gasteiger partial charge is 0.384 e. The van der Waals surface area contributed by atoms with E-state index in [9.17, 15) is 24.3 Å². The van der Waals surface area contributed by atoms with Crippen molar-refractivity contribution >= 4 is 43.1 Å². The van der Waals surface area contributed by atoms with Gasteiger partial charge in [-0.1, -0.05) is 0 Å². The highest BCUT2D eigenvalue weighted by molar-refractivity contribution is 5.98. The van der Waals surface area contributed by atoms with Crippen LogP contribution in [-0.2, 0) is 58.9 Å². The van der Waals surface area contributed by atoms with E-state index in [-0.39, 0.29) is 30.0 Å². The highest BCUT2D eigenvalue weighted by atomic mass is 16.7. The van der Waals surface area contributed by atoms with E-state index >= 15 is 0 Å². The third-order valence-electron chi connectivity index (χ3n) is 9.56. The average Bonchev–Trinajstić information content (AvgIpc) is 4.15. The van der Waals surface area contributed by atoms with Crippen molar-refractivity contribution in [2.75, 3.05) is 63.0 Å². The zero-order valence-corrected chi connectivity index (χ0v) is 33.7. The molecular formula is C41H42BO19. The number of carbonyl (C=O) groups excluding carboxylic acids is 4. The molecule has 1 aromatic heterocycles. The SMILES string of the molecule is COC(=O)C#CC(=O)OC.COC(=O)C1C2O[C@@H](c3cc4c(cc32)OCO4)C1C(=O)OC.COC(OC)c1cc2c(cc1CO)OCO2.[2HH].[B].c1occ2cc3c(cc12)OCO3. The zero-order chi connectivity index (χ0) is 42.9. The Morgan fingerprint density at radius 1 is 0.623 bits per heavy atom. The number of hydrogen-bond donors (Lipinski definition) is 1. The molecule has 3 radical (unpaired) electrons. The summed E-state index contributed by atoms with van der Waals surface area (Å²) in [6, 6.07) is 11.0. The van der Waals surface area contributed by atoms with Crippen LogP contribution in [0.3, 0.4) is 0 Å². The standard InChI is InChI=1S/C15H14O7.C11H14O5.C9H6O3.C6H6O4.B.H2/c1-18-14(16)10-11(15(17)19-2)13-7-4-9-8(20-5-21-9)3-6(7)12(10)22-13;1-13-11(14-2)8-4-10-9(15-6-16-10)3-7(8)5-12;1-6-3-10-4-7(6)2-9-8(1)11-5-12-9;1-9-5(7)3-4-6(8)10-2;;/h3-4,10-13H,5H2,1-2H3;3-4,11-12H,5-6H2,1-2H3;1-4H,5H2;1-2H3;;1H/t10?,11?,12-,13?;;;;;/m0...../s1/i;;;;;1+1. The van der Waals surface area contributed by atoms with Crippen LogP contribution in [0.4, 0.5) is 0 Å². The Kier molecular flexibility index (Phi) is 15.3. The highest BCUT2D eigenvalue weighted by Crippen LogP contribution is 2.60. The third kappa shape index (κ3) is 9.71. The van der Waals surface area contributed by atoms with Crippen LogP contribution in [0.1, 0.15) is 42.2 Å². The van der Waals surface area contributed by atoms with E-state index in [1.165, 1.54) is 28.4 Å². The summed E-state index contributed by atoms with van der Waals surface area (Å²) in [7, 11) is 8.02. The lowest BCUT2D eigenvalue weighted by Gasteiger charge is -2.26. The van der Waals surface area contributed by atoms with Crippen molar-refractivity contribution in [3.05, 3.63) is 71.2 Å². The first-order valence-corrected chi connectivity index (χ1v) is 17.9. The maximum atomic E-state index is 12.1. The van der Waals surface area contributed by atoms with E-state index in [1.807, 2.05) is 36.1 Å². The van der Waals surface area contributed by atoms with Gasteiger partial charge in [0, 0.05) is 52.2 Å². The molecule has 6 heterocycles. The minimum absolute atomic E-state index is 0. The van der Waals surface area contributed by atoms with Crippen LogP contribution in [0.25, 0.3) is 10.8 Å². The fourth-order valence-electron chi connectivity index (χ4n) is 6.78. The maximum absolute atomic E-state index is 12.1. The third-order valence-corrected chi connectivity index (χ3v) is 9.56. The number of furan rings is 1. The lowest BCUT2D eigenvalue weighted by Crippen LogP contribution is -2.35. The number of methoxy groups -OCH3 is 6. The summed E-state index contributed by atoms with van der Waals surface area (Å²) in [5, 5.41) is 11.4. The van der Waals surface area contributed by atoms with Crippen LogP contribution in [0.2, 0.25) is 0 Å². The molecule has 0 spiro atoms. The topological polar surface area (TPSA) is 222 Å². The Hall–Kier alpha value is -6.66. The molecule has 1 fully saturated rings. The molecule has 3 unspecified atom stereocenters. The van der Waals surface area contributed by atoms with Gasteiger partial charge in [0.2, 0.25) is 20.4 Å². The molecule has 20 heteroatoms. The summed E-state index contributed by atoms with van der Waals surface area (Å²) in [4.78, 5) is 44.7. The molecule has 0 saturated carbocycles. The van der Waals surface area contributed by atoms with Crippen LogP contribution in [0.5, 0.6) is 34.5 Å². The second kappa shape index (κ2) is 20.5. The number of carbonyl (C=O) groups is 4. The molecular weight excluding hydrogens is 807 g/mol. The Morgan fingerprint density at radius 2 is 1.02 bits per heavy atom. The molecule has 3 aromatic carbocycles. The lowest BCUT2D eigenvalue weighted by molar-refractivity contribution is -0.157. The molecule has 4 atom stereocenters. The number of esters is 4. The van der Waals surface area contributed by atoms with E-state index in [4.69, 9.17) is 56.5 Å². The van der Waals surface area contributed by atoms with E-state index in [0.717, 1.165) is 39.0 Å². The lowest BCUT2D eigenvalue weighted by atomic mass is 9.75. The largest absolute Gasteiger partial charge is 0.471 e. The van der Waals surface area contributed by atoms with Gasteiger partial charge in [0.15, 0.2) is 40.8 Å². The first kappa shape index (κ1) is 45.4. The van der Waals surface area contributed by atoms with Crippen LogP contribution in [0, 0.1) is 23.7 Å². The number of aliphatic hydroxyl groups is 1. The predicted octanol–water partition coefficient (Wildman–Crippen LogP) is 3.68. The Bertz CT molecular complexity index is 2180. The highest BCUT2D eigenvalue weighted by Gasteiger charge is 2.59. The van der Waals surface area contributed by atoms with Gasteiger partial charge in [-0.25, -0.2) is 9.59 Å². The van der Waals surface area contributed by atoms with Crippen LogP contribution < -0.4 is 28.4 Å². The van der Waals surface area contributed by atoms with Gasteiger partial charge in [0.05, 0.1) is 59.8 Å². The number of aliphatic hydroxyl groups excluding tert-OH is 1. The quantitative estimate of drug-likeness (QED) is 0.0730. The summed E-state index contributed by atoms with van der Waals surface area (Å²) in [6.45, 7) is 0.581. The van der Waals surface area contributed by atoms with Gasteiger partial charge in [-0.05, 0) is 53.1 Å². The zero-order valence-electron chi connectivity index (χ0n) is 33.7. The van der Waals surface area contributed by atoms with Crippen molar-refractivity contribution in [2.45, 2.75) is 25.1 Å². The molecule has 5 aliphatic heterocycles. The Labute approximate surface area is 351 Å². The van der Waals surface area contributed by atoms with Crippen LogP contribution in [-0.4, -0.2) is 100 Å². The predicted molar refractivity (Wildman–Crippen MR) is 207 cm³/mol. The molecule has 0 amide bonds. The summed E-state index contributed by atoms with van der Waals surface area (Å²) < 4.78 is 70.8. The van der Waals surface area contributed by atoms with Crippen molar-refractivity contribution in [1.82, 2.24) is 0 Å². The summed E-state index contributed by atoms with van der Waals surface area (Å²) in [5.41, 5.74) is 3.13. The van der Waals surface area contributed by atoms with Gasteiger partial charge >= 0.3 is 23.9 Å². The van der Waals surface area contributed by atoms with E-state index in [1.54, 1.807) is 38.9 Å². The van der Waals surface area contributed by atoms with Gasteiger partial charge in [0.1, 0.15) is 11.8 Å². The molecule has 4 aromatic rings. The first-order chi connectivity index (χ1) is 29.1. The molecule has 323 valence electrons. The number of fused-ring (bicyclic) bond motifs is 9. The van der Waals surface area contributed by atoms with Crippen molar-refractivity contribution in [3.8, 4) is 46.3 Å². The number of ether oxygens (including phenoxy) is 13. The monoisotopic (exact) mass is 850 g/mol.